The van der Waals surface area contributed by atoms with Crippen LogP contribution in [0.1, 0.15) is 194 Å². The number of rotatable bonds is 39. The van der Waals surface area contributed by atoms with Gasteiger partial charge in [0.05, 0.1) is 34.4 Å². The smallest absolute Gasteiger partial charge is 0.361 e. The number of esters is 2. The van der Waals surface area contributed by atoms with Crippen molar-refractivity contribution in [1.29, 1.82) is 0 Å². The summed E-state index contributed by atoms with van der Waals surface area (Å²) in [6, 6.07) is 0. The Hall–Kier alpha value is -1.71. The molecule has 9 heteroatoms. The van der Waals surface area contributed by atoms with E-state index in [2.05, 4.69) is 13.8 Å². The van der Waals surface area contributed by atoms with E-state index in [0.29, 0.717) is 17.4 Å². The Morgan fingerprint density at radius 1 is 0.510 bits per heavy atom. The second-order valence-electron chi connectivity index (χ2n) is 15.7. The molecule has 0 spiro atoms. The Morgan fingerprint density at radius 3 is 1.25 bits per heavy atom. The third-order valence-electron chi connectivity index (χ3n) is 9.36. The van der Waals surface area contributed by atoms with Gasteiger partial charge in [0.1, 0.15) is 13.2 Å². The minimum atomic E-state index is -1.50. The van der Waals surface area contributed by atoms with Crippen LogP contribution in [0, 0.1) is 0 Å². The molecule has 0 bridgehead atoms. The number of nitrogens with zero attached hydrogens (tertiary/aromatic N) is 1. The van der Waals surface area contributed by atoms with Crippen molar-refractivity contribution in [2.24, 2.45) is 0 Å². The van der Waals surface area contributed by atoms with Crippen molar-refractivity contribution in [3.63, 3.8) is 0 Å². The van der Waals surface area contributed by atoms with E-state index >= 15 is 0 Å². The standard InChI is InChI=1S/C42H81NO8/c1-6-8-10-12-14-16-18-20-21-23-25-27-29-31-33-40(45)51-38(37-50-42(41(46)47)48-35-34-43(3,4)5)36-49-39(44)32-30-28-26-24-22-19-17-15-13-11-9-7-2/h38,42H,6-37H2,1-5H3/p+1. The average Bonchev–Trinajstić information content (AvgIpc) is 3.08. The molecule has 0 saturated heterocycles. The highest BCUT2D eigenvalue weighted by Crippen LogP contribution is 2.15. The zero-order valence-corrected chi connectivity index (χ0v) is 34.0. The molecule has 9 nitrogen and oxygen atoms in total. The summed E-state index contributed by atoms with van der Waals surface area (Å²) < 4.78 is 22.7. The van der Waals surface area contributed by atoms with Gasteiger partial charge in [-0.3, -0.25) is 9.59 Å². The van der Waals surface area contributed by atoms with E-state index in [1.54, 1.807) is 0 Å². The largest absolute Gasteiger partial charge is 0.477 e. The molecule has 0 aromatic rings. The first kappa shape index (κ1) is 49.3. The van der Waals surface area contributed by atoms with Gasteiger partial charge in [-0.15, -0.1) is 0 Å². The van der Waals surface area contributed by atoms with E-state index in [9.17, 15) is 19.5 Å². The number of hydrogen-bond donors (Lipinski definition) is 1. The Labute approximate surface area is 313 Å². The van der Waals surface area contributed by atoms with E-state index in [-0.39, 0.29) is 32.2 Å². The molecule has 0 aliphatic rings. The number of aliphatic carboxylic acids is 1. The fraction of sp³-hybridized carbons (Fsp3) is 0.929. The minimum Gasteiger partial charge on any atom is -0.477 e. The number of unbranched alkanes of at least 4 members (excludes halogenated alkanes) is 24. The first-order valence-electron chi connectivity index (χ1n) is 21.2. The van der Waals surface area contributed by atoms with Gasteiger partial charge >= 0.3 is 17.9 Å². The number of carbonyl (C=O) groups is 3. The normalized spacial score (nSPS) is 12.9. The number of carboxylic acids is 1. The number of hydrogen-bond acceptors (Lipinski definition) is 7. The Bertz CT molecular complexity index is 815. The fourth-order valence-electron chi connectivity index (χ4n) is 6.01. The van der Waals surface area contributed by atoms with Crippen LogP contribution in [0.4, 0.5) is 0 Å². The van der Waals surface area contributed by atoms with Gasteiger partial charge < -0.3 is 28.5 Å². The zero-order valence-electron chi connectivity index (χ0n) is 34.0. The molecule has 0 aliphatic carbocycles. The van der Waals surface area contributed by atoms with Crippen LogP contribution >= 0.6 is 0 Å². The van der Waals surface area contributed by atoms with Crippen LogP contribution < -0.4 is 0 Å². The molecular formula is C42H82NO8+. The Kier molecular flexibility index (Phi) is 34.1. The molecule has 0 aromatic heterocycles. The van der Waals surface area contributed by atoms with Crippen LogP contribution in [-0.4, -0.2) is 87.4 Å². The lowest BCUT2D eigenvalue weighted by Crippen LogP contribution is -2.40. The molecule has 0 saturated carbocycles. The quantitative estimate of drug-likeness (QED) is 0.0288. The summed E-state index contributed by atoms with van der Waals surface area (Å²) in [5, 5.41) is 9.60. The van der Waals surface area contributed by atoms with Crippen molar-refractivity contribution in [3.8, 4) is 0 Å². The zero-order chi connectivity index (χ0) is 37.8. The molecule has 0 radical (unpaired) electrons. The minimum absolute atomic E-state index is 0.174. The molecule has 1 N–H and O–H groups in total. The summed E-state index contributed by atoms with van der Waals surface area (Å²) >= 11 is 0. The SMILES string of the molecule is CCCCCCCCCCCCCCCCC(=O)OC(COC(=O)CCCCCCCCCCCCCC)COC(OCC[N+](C)(C)C)C(=O)O. The van der Waals surface area contributed by atoms with Crippen LogP contribution in [0.2, 0.25) is 0 Å². The third-order valence-corrected chi connectivity index (χ3v) is 9.36. The molecule has 0 rings (SSSR count). The summed E-state index contributed by atoms with van der Waals surface area (Å²) in [5.74, 6) is -1.99. The number of quaternary nitrogens is 1. The third kappa shape index (κ3) is 36.4. The maximum atomic E-state index is 12.7. The molecule has 2 atom stereocenters. The first-order valence-corrected chi connectivity index (χ1v) is 21.2. The lowest BCUT2D eigenvalue weighted by molar-refractivity contribution is -0.870. The summed E-state index contributed by atoms with van der Waals surface area (Å²) in [4.78, 5) is 37.0. The van der Waals surface area contributed by atoms with E-state index in [1.807, 2.05) is 21.1 Å². The first-order chi connectivity index (χ1) is 24.6. The predicted molar refractivity (Wildman–Crippen MR) is 208 cm³/mol. The molecule has 2 unspecified atom stereocenters. The second-order valence-corrected chi connectivity index (χ2v) is 15.7. The predicted octanol–water partition coefficient (Wildman–Crippen LogP) is 10.6. The van der Waals surface area contributed by atoms with Gasteiger partial charge in [0.2, 0.25) is 0 Å². The van der Waals surface area contributed by atoms with Crippen LogP contribution in [0.5, 0.6) is 0 Å². The maximum Gasteiger partial charge on any atom is 0.361 e. The fourth-order valence-corrected chi connectivity index (χ4v) is 6.01. The average molecular weight is 729 g/mol. The molecule has 0 aliphatic heterocycles. The summed E-state index contributed by atoms with van der Waals surface area (Å²) in [6.07, 6.45) is 30.1. The molecule has 0 aromatic carbocycles. The van der Waals surface area contributed by atoms with Gasteiger partial charge in [0.25, 0.3) is 6.29 Å². The molecule has 0 heterocycles. The number of likely N-dealkylation sites (N-methyl/N-ethyl adjacent to an activating group) is 1. The van der Waals surface area contributed by atoms with Crippen molar-refractivity contribution in [1.82, 2.24) is 0 Å². The highest BCUT2D eigenvalue weighted by atomic mass is 16.7. The summed E-state index contributed by atoms with van der Waals surface area (Å²) in [5.41, 5.74) is 0. The number of ether oxygens (including phenoxy) is 4. The lowest BCUT2D eigenvalue weighted by Gasteiger charge is -2.25. The number of carboxylic acid groups (broad SMARTS) is 1. The van der Waals surface area contributed by atoms with Crippen LogP contribution in [-0.2, 0) is 33.3 Å². The topological polar surface area (TPSA) is 108 Å². The van der Waals surface area contributed by atoms with Gasteiger partial charge in [-0.2, -0.15) is 0 Å². The molecule has 0 fully saturated rings. The van der Waals surface area contributed by atoms with E-state index < -0.39 is 24.3 Å². The monoisotopic (exact) mass is 729 g/mol. The molecule has 302 valence electrons. The van der Waals surface area contributed by atoms with Gasteiger partial charge in [0.15, 0.2) is 6.10 Å². The number of carbonyl (C=O) groups excluding carboxylic acids is 2. The van der Waals surface area contributed by atoms with Gasteiger partial charge in [-0.25, -0.2) is 4.79 Å². The van der Waals surface area contributed by atoms with Crippen molar-refractivity contribution < 1.29 is 42.9 Å². The highest BCUT2D eigenvalue weighted by molar-refractivity contribution is 5.71. The van der Waals surface area contributed by atoms with Gasteiger partial charge in [-0.05, 0) is 12.8 Å². The lowest BCUT2D eigenvalue weighted by atomic mass is 10.0. The van der Waals surface area contributed by atoms with Crippen molar-refractivity contribution in [3.05, 3.63) is 0 Å². The van der Waals surface area contributed by atoms with E-state index in [0.717, 1.165) is 38.5 Å². The summed E-state index contributed by atoms with van der Waals surface area (Å²) in [7, 11) is 5.96. The van der Waals surface area contributed by atoms with Gasteiger partial charge in [0, 0.05) is 12.8 Å². The van der Waals surface area contributed by atoms with Crippen LogP contribution in [0.25, 0.3) is 0 Å². The van der Waals surface area contributed by atoms with Crippen LogP contribution in [0.15, 0.2) is 0 Å². The molecule has 51 heavy (non-hydrogen) atoms. The maximum absolute atomic E-state index is 12.7. The molecular weight excluding hydrogens is 646 g/mol. The Morgan fingerprint density at radius 2 is 0.882 bits per heavy atom. The van der Waals surface area contributed by atoms with Crippen molar-refractivity contribution in [2.45, 2.75) is 206 Å². The van der Waals surface area contributed by atoms with Crippen LogP contribution in [0.3, 0.4) is 0 Å². The van der Waals surface area contributed by atoms with Gasteiger partial charge in [-0.1, -0.05) is 168 Å². The van der Waals surface area contributed by atoms with E-state index in [4.69, 9.17) is 18.9 Å². The Balaban J connectivity index is 4.45. The van der Waals surface area contributed by atoms with E-state index in [1.165, 1.54) is 128 Å². The van der Waals surface area contributed by atoms with Crippen molar-refractivity contribution >= 4 is 17.9 Å². The molecule has 0 amide bonds. The summed E-state index contributed by atoms with van der Waals surface area (Å²) in [6.45, 7) is 4.88. The highest BCUT2D eigenvalue weighted by Gasteiger charge is 2.25. The van der Waals surface area contributed by atoms with Crippen molar-refractivity contribution in [2.75, 3.05) is 47.5 Å². The second kappa shape index (κ2) is 35.3.